The van der Waals surface area contributed by atoms with Crippen LogP contribution in [-0.2, 0) is 61.6 Å². The minimum Gasteiger partial charge on any atom is -0.491 e. The summed E-state index contributed by atoms with van der Waals surface area (Å²) in [6.07, 6.45) is 17.2. The van der Waals surface area contributed by atoms with E-state index in [2.05, 4.69) is 6.92 Å². The number of nitro benzene ring substituents is 1. The Hall–Kier alpha value is -2.55. The Kier molecular flexibility index (Phi) is 45.4. The zero-order valence-electron chi connectivity index (χ0n) is 38.7. The Bertz CT molecular complexity index is 1100. The van der Waals surface area contributed by atoms with E-state index >= 15 is 0 Å². The third-order valence-corrected chi connectivity index (χ3v) is 9.24. The van der Waals surface area contributed by atoms with Crippen LogP contribution in [0.1, 0.15) is 96.8 Å². The maximum atomic E-state index is 11.9. The number of non-ortho nitro benzene ring substituents is 1. The van der Waals surface area contributed by atoms with E-state index in [4.69, 9.17) is 61.6 Å². The fraction of sp³-hybridized carbons (Fsp3) is 0.848. The molecule has 0 saturated carbocycles. The van der Waals surface area contributed by atoms with Crippen molar-refractivity contribution < 1.29 is 71.3 Å². The van der Waals surface area contributed by atoms with Gasteiger partial charge in [-0.25, -0.2) is 0 Å². The summed E-state index contributed by atoms with van der Waals surface area (Å²) in [7, 11) is 0. The number of nitrogens with zero attached hydrogens (tertiary/aromatic N) is 1. The van der Waals surface area contributed by atoms with E-state index in [0.29, 0.717) is 164 Å². The van der Waals surface area contributed by atoms with Gasteiger partial charge in [-0.15, -0.1) is 0 Å². The van der Waals surface area contributed by atoms with E-state index in [9.17, 15) is 14.9 Å². The van der Waals surface area contributed by atoms with Gasteiger partial charge in [0.05, 0.1) is 150 Å². The largest absolute Gasteiger partial charge is 0.491 e. The lowest BCUT2D eigenvalue weighted by Gasteiger charge is -2.09. The highest BCUT2D eigenvalue weighted by Crippen LogP contribution is 2.17. The summed E-state index contributed by atoms with van der Waals surface area (Å²) >= 11 is 0. The first-order valence-electron chi connectivity index (χ1n) is 23.5. The Morgan fingerprint density at radius 2 is 0.667 bits per heavy atom. The van der Waals surface area contributed by atoms with Crippen molar-refractivity contribution in [3.05, 3.63) is 34.4 Å². The smallest absolute Gasteiger partial charge is 0.305 e. The summed E-state index contributed by atoms with van der Waals surface area (Å²) in [5.74, 6) is 0.415. The van der Waals surface area contributed by atoms with Crippen LogP contribution in [0.2, 0.25) is 0 Å². The number of esters is 1. The highest BCUT2D eigenvalue weighted by Gasteiger charge is 2.05. The summed E-state index contributed by atoms with van der Waals surface area (Å²) < 4.78 is 71.1. The van der Waals surface area contributed by atoms with Crippen molar-refractivity contribution in [1.82, 2.24) is 0 Å². The molecule has 0 aliphatic heterocycles. The minimum absolute atomic E-state index is 0.0231. The molecule has 17 nitrogen and oxygen atoms in total. The number of rotatable bonds is 52. The van der Waals surface area contributed by atoms with Gasteiger partial charge in [0.25, 0.3) is 5.69 Å². The number of hydrogen-bond acceptors (Lipinski definition) is 16. The average Bonchev–Trinajstić information content (AvgIpc) is 3.29. The standard InChI is InChI=1S/C46H83NO16/c1-2-3-4-5-6-7-8-9-10-11-12-13-14-15-46(48)63-43-41-61-39-37-59-35-33-57-31-29-55-27-25-53-23-21-51-20-22-52-24-26-54-28-30-56-32-34-58-36-38-60-40-42-62-45-18-16-44(17-19-45)47(49)50/h16-19H,2-15,20-43H2,1H3. The van der Waals surface area contributed by atoms with Gasteiger partial charge in [-0.2, -0.15) is 0 Å². The molecule has 1 rings (SSSR count). The van der Waals surface area contributed by atoms with Gasteiger partial charge in [-0.05, 0) is 18.6 Å². The molecule has 0 radical (unpaired) electrons. The van der Waals surface area contributed by atoms with Gasteiger partial charge in [0.2, 0.25) is 0 Å². The molecule has 368 valence electrons. The van der Waals surface area contributed by atoms with Gasteiger partial charge in [0, 0.05) is 18.6 Å². The molecule has 0 bridgehead atoms. The maximum Gasteiger partial charge on any atom is 0.305 e. The average molecular weight is 906 g/mol. The molecular weight excluding hydrogens is 822 g/mol. The van der Waals surface area contributed by atoms with E-state index in [0.717, 1.165) is 12.8 Å². The molecule has 0 aliphatic rings. The van der Waals surface area contributed by atoms with Gasteiger partial charge >= 0.3 is 5.97 Å². The molecule has 0 fully saturated rings. The molecule has 1 aromatic carbocycles. The van der Waals surface area contributed by atoms with Crippen LogP contribution in [0, 0.1) is 10.1 Å². The molecule has 0 N–H and O–H groups in total. The third-order valence-electron chi connectivity index (χ3n) is 9.24. The van der Waals surface area contributed by atoms with Gasteiger partial charge in [0.1, 0.15) is 19.0 Å². The summed E-state index contributed by atoms with van der Waals surface area (Å²) in [5, 5.41) is 10.7. The van der Waals surface area contributed by atoms with Crippen LogP contribution in [0.3, 0.4) is 0 Å². The molecule has 63 heavy (non-hydrogen) atoms. The number of ether oxygens (including phenoxy) is 13. The van der Waals surface area contributed by atoms with E-state index in [1.807, 2.05) is 0 Å². The molecule has 1 aromatic rings. The molecule has 0 atom stereocenters. The second-order valence-corrected chi connectivity index (χ2v) is 14.5. The molecule has 0 spiro atoms. The Balaban J connectivity index is 1.64. The van der Waals surface area contributed by atoms with Crippen molar-refractivity contribution >= 4 is 11.7 Å². The lowest BCUT2D eigenvalue weighted by Crippen LogP contribution is -2.16. The highest BCUT2D eigenvalue weighted by atomic mass is 16.6. The Morgan fingerprint density at radius 1 is 0.397 bits per heavy atom. The Labute approximate surface area is 377 Å². The van der Waals surface area contributed by atoms with Crippen molar-refractivity contribution in [3.63, 3.8) is 0 Å². The zero-order chi connectivity index (χ0) is 45.2. The predicted molar refractivity (Wildman–Crippen MR) is 239 cm³/mol. The number of benzene rings is 1. The van der Waals surface area contributed by atoms with Crippen molar-refractivity contribution in [2.45, 2.75) is 96.8 Å². The monoisotopic (exact) mass is 906 g/mol. The summed E-state index contributed by atoms with van der Waals surface area (Å²) in [6.45, 7) is 13.1. The lowest BCUT2D eigenvalue weighted by atomic mass is 10.0. The molecular formula is C46H83NO16. The molecule has 0 amide bonds. The first-order valence-corrected chi connectivity index (χ1v) is 23.5. The van der Waals surface area contributed by atoms with Crippen LogP contribution in [0.4, 0.5) is 5.69 Å². The third kappa shape index (κ3) is 44.4. The fourth-order valence-electron chi connectivity index (χ4n) is 5.76. The van der Waals surface area contributed by atoms with Crippen molar-refractivity contribution in [1.29, 1.82) is 0 Å². The van der Waals surface area contributed by atoms with Gasteiger partial charge < -0.3 is 61.6 Å². The SMILES string of the molecule is CCCCCCCCCCCCCCCC(=O)OCCOCCOCCOCCOCCOCCOCCOCCOCCOCCOCCOCCOc1ccc([N+](=O)[O-])cc1. The van der Waals surface area contributed by atoms with E-state index < -0.39 is 4.92 Å². The van der Waals surface area contributed by atoms with Crippen molar-refractivity contribution in [2.75, 3.05) is 159 Å². The predicted octanol–water partition coefficient (Wildman–Crippen LogP) is 7.18. The van der Waals surface area contributed by atoms with Crippen LogP contribution in [0.5, 0.6) is 5.75 Å². The molecule has 0 aliphatic carbocycles. The van der Waals surface area contributed by atoms with Crippen LogP contribution in [-0.4, -0.2) is 169 Å². The quantitative estimate of drug-likeness (QED) is 0.0277. The number of carbonyl (C=O) groups is 1. The van der Waals surface area contributed by atoms with E-state index in [1.165, 1.54) is 82.8 Å². The number of carbonyl (C=O) groups excluding carboxylic acids is 1. The van der Waals surface area contributed by atoms with Crippen LogP contribution in [0.15, 0.2) is 24.3 Å². The van der Waals surface area contributed by atoms with Crippen LogP contribution < -0.4 is 4.74 Å². The number of nitro groups is 1. The summed E-state index contributed by atoms with van der Waals surface area (Å²) in [4.78, 5) is 22.1. The lowest BCUT2D eigenvalue weighted by molar-refractivity contribution is -0.384. The summed E-state index contributed by atoms with van der Waals surface area (Å²) in [6, 6.07) is 5.91. The first kappa shape index (κ1) is 58.5. The molecule has 17 heteroatoms. The second-order valence-electron chi connectivity index (χ2n) is 14.5. The minimum atomic E-state index is -0.452. The second kappa shape index (κ2) is 48.9. The summed E-state index contributed by atoms with van der Waals surface area (Å²) in [5.41, 5.74) is 0.0231. The fourth-order valence-corrected chi connectivity index (χ4v) is 5.76. The van der Waals surface area contributed by atoms with E-state index in [1.54, 1.807) is 12.1 Å². The maximum absolute atomic E-state index is 11.9. The molecule has 0 saturated heterocycles. The van der Waals surface area contributed by atoms with Crippen molar-refractivity contribution in [3.8, 4) is 5.75 Å². The zero-order valence-corrected chi connectivity index (χ0v) is 38.7. The highest BCUT2D eigenvalue weighted by molar-refractivity contribution is 5.69. The molecule has 0 unspecified atom stereocenters. The first-order chi connectivity index (χ1) is 31.1. The topological polar surface area (TPSA) is 180 Å². The van der Waals surface area contributed by atoms with Gasteiger partial charge in [-0.3, -0.25) is 14.9 Å². The number of hydrogen-bond donors (Lipinski definition) is 0. The van der Waals surface area contributed by atoms with Crippen LogP contribution >= 0.6 is 0 Å². The Morgan fingerprint density at radius 3 is 0.968 bits per heavy atom. The van der Waals surface area contributed by atoms with Gasteiger partial charge in [0.15, 0.2) is 0 Å². The molecule has 0 heterocycles. The molecule has 0 aromatic heterocycles. The normalized spacial score (nSPS) is 11.4. The van der Waals surface area contributed by atoms with Gasteiger partial charge in [-0.1, -0.05) is 84.0 Å². The number of unbranched alkanes of at least 4 members (excludes halogenated alkanes) is 12. The van der Waals surface area contributed by atoms with E-state index in [-0.39, 0.29) is 18.3 Å². The van der Waals surface area contributed by atoms with Crippen molar-refractivity contribution in [2.24, 2.45) is 0 Å². The van der Waals surface area contributed by atoms with Crippen LogP contribution in [0.25, 0.3) is 0 Å².